The van der Waals surface area contributed by atoms with Crippen molar-refractivity contribution in [2.75, 3.05) is 0 Å². The topological polar surface area (TPSA) is 9.23 Å². The van der Waals surface area contributed by atoms with E-state index < -0.39 is 0 Å². The molecule has 12 heavy (non-hydrogen) atoms. The third-order valence-electron chi connectivity index (χ3n) is 2.03. The maximum absolute atomic E-state index is 5.62. The average Bonchev–Trinajstić information content (AvgIpc) is 2.02. The van der Waals surface area contributed by atoms with Crippen molar-refractivity contribution in [2.45, 2.75) is 39.9 Å². The predicted octanol–water partition coefficient (Wildman–Crippen LogP) is 2.63. The molecule has 0 heterocycles. The molecule has 0 aliphatic carbocycles. The predicted molar refractivity (Wildman–Crippen MR) is 52.8 cm³/mol. The minimum atomic E-state index is -0.0348. The lowest BCUT2D eigenvalue weighted by atomic mass is 10.1. The minimum Gasteiger partial charge on any atom is -0.370 e. The molecule has 0 fully saturated rings. The van der Waals surface area contributed by atoms with Crippen LogP contribution in [-0.4, -0.2) is 12.2 Å². The molecule has 0 N–H and O–H groups in total. The van der Waals surface area contributed by atoms with Crippen molar-refractivity contribution in [1.29, 1.82) is 0 Å². The number of terminal acetylenes is 1. The van der Waals surface area contributed by atoms with Gasteiger partial charge in [-0.1, -0.05) is 26.3 Å². The third kappa shape index (κ3) is 3.59. The smallest absolute Gasteiger partial charge is 0.0872 e. The van der Waals surface area contributed by atoms with Crippen molar-refractivity contribution in [1.82, 2.24) is 0 Å². The first-order valence-corrected chi connectivity index (χ1v) is 4.30. The van der Waals surface area contributed by atoms with Gasteiger partial charge in [0.05, 0.1) is 12.2 Å². The zero-order chi connectivity index (χ0) is 9.72. The maximum Gasteiger partial charge on any atom is 0.0872 e. The quantitative estimate of drug-likeness (QED) is 0.583. The normalized spacial score (nSPS) is 15.3. The van der Waals surface area contributed by atoms with Crippen LogP contribution in [0.2, 0.25) is 0 Å². The van der Waals surface area contributed by atoms with E-state index in [2.05, 4.69) is 26.3 Å². The Balaban J connectivity index is 3.94. The molecule has 0 aliphatic heterocycles. The van der Waals surface area contributed by atoms with E-state index in [0.29, 0.717) is 11.5 Å². The molecule has 0 saturated carbocycles. The molecule has 0 rings (SSSR count). The van der Waals surface area contributed by atoms with E-state index in [1.165, 1.54) is 0 Å². The first-order valence-electron chi connectivity index (χ1n) is 4.30. The SMILES string of the molecule is C#CC(=C)C(C)OC(C)C(C)C. The van der Waals surface area contributed by atoms with E-state index in [-0.39, 0.29) is 12.2 Å². The van der Waals surface area contributed by atoms with E-state index in [9.17, 15) is 0 Å². The summed E-state index contributed by atoms with van der Waals surface area (Å²) in [6.07, 6.45) is 5.39. The van der Waals surface area contributed by atoms with Gasteiger partial charge >= 0.3 is 0 Å². The lowest BCUT2D eigenvalue weighted by Gasteiger charge is -2.21. The lowest BCUT2D eigenvalue weighted by Crippen LogP contribution is -2.22. The molecule has 0 radical (unpaired) electrons. The monoisotopic (exact) mass is 166 g/mol. The highest BCUT2D eigenvalue weighted by Gasteiger charge is 2.12. The molecule has 0 amide bonds. The molecule has 0 saturated heterocycles. The molecular weight excluding hydrogens is 148 g/mol. The summed E-state index contributed by atoms with van der Waals surface area (Å²) in [5.41, 5.74) is 0.711. The molecule has 2 unspecified atom stereocenters. The van der Waals surface area contributed by atoms with Crippen LogP contribution in [0.25, 0.3) is 0 Å². The highest BCUT2D eigenvalue weighted by molar-refractivity contribution is 5.24. The van der Waals surface area contributed by atoms with E-state index in [4.69, 9.17) is 11.2 Å². The van der Waals surface area contributed by atoms with Crippen molar-refractivity contribution < 1.29 is 4.74 Å². The number of ether oxygens (including phenoxy) is 1. The highest BCUT2D eigenvalue weighted by atomic mass is 16.5. The van der Waals surface area contributed by atoms with E-state index >= 15 is 0 Å². The molecule has 1 nitrogen and oxygen atoms in total. The van der Waals surface area contributed by atoms with Crippen LogP contribution in [0.4, 0.5) is 0 Å². The Kier molecular flexibility index (Phi) is 4.70. The summed E-state index contributed by atoms with van der Waals surface area (Å²) in [7, 11) is 0. The standard InChI is InChI=1S/C11H18O/c1-7-9(4)11(6)12-10(5)8(2)3/h1,8,10-11H,4H2,2-3,5-6H3. The van der Waals surface area contributed by atoms with Crippen LogP contribution >= 0.6 is 0 Å². The Bertz CT molecular complexity index is 186. The Labute approximate surface area is 75.8 Å². The van der Waals surface area contributed by atoms with Crippen molar-refractivity contribution in [3.63, 3.8) is 0 Å². The van der Waals surface area contributed by atoms with Gasteiger partial charge in [-0.15, -0.1) is 6.42 Å². The number of hydrogen-bond donors (Lipinski definition) is 0. The number of hydrogen-bond acceptors (Lipinski definition) is 1. The summed E-state index contributed by atoms with van der Waals surface area (Å²) < 4.78 is 5.62. The van der Waals surface area contributed by atoms with Gasteiger partial charge in [0, 0.05) is 5.57 Å². The fraction of sp³-hybridized carbons (Fsp3) is 0.636. The van der Waals surface area contributed by atoms with Gasteiger partial charge in [-0.05, 0) is 19.8 Å². The summed E-state index contributed by atoms with van der Waals surface area (Å²) in [6.45, 7) is 11.9. The van der Waals surface area contributed by atoms with Crippen LogP contribution in [0.5, 0.6) is 0 Å². The molecular formula is C11H18O. The summed E-state index contributed by atoms with van der Waals surface area (Å²) in [5, 5.41) is 0. The van der Waals surface area contributed by atoms with E-state index in [1.54, 1.807) is 0 Å². The van der Waals surface area contributed by atoms with Gasteiger partial charge in [0.2, 0.25) is 0 Å². The van der Waals surface area contributed by atoms with E-state index in [0.717, 1.165) is 0 Å². The summed E-state index contributed by atoms with van der Waals surface area (Å²) >= 11 is 0. The van der Waals surface area contributed by atoms with Gasteiger partial charge in [-0.2, -0.15) is 0 Å². The summed E-state index contributed by atoms with van der Waals surface area (Å²) in [5.74, 6) is 3.00. The van der Waals surface area contributed by atoms with Crippen LogP contribution in [0.1, 0.15) is 27.7 Å². The van der Waals surface area contributed by atoms with Crippen LogP contribution < -0.4 is 0 Å². The van der Waals surface area contributed by atoms with Crippen LogP contribution in [0.15, 0.2) is 12.2 Å². The second-order valence-corrected chi connectivity index (χ2v) is 3.40. The van der Waals surface area contributed by atoms with Gasteiger partial charge in [0.15, 0.2) is 0 Å². The zero-order valence-corrected chi connectivity index (χ0v) is 8.42. The Morgan fingerprint density at radius 1 is 1.33 bits per heavy atom. The largest absolute Gasteiger partial charge is 0.370 e. The molecule has 0 aromatic heterocycles. The van der Waals surface area contributed by atoms with E-state index in [1.807, 2.05) is 13.8 Å². The third-order valence-corrected chi connectivity index (χ3v) is 2.03. The molecule has 2 atom stereocenters. The van der Waals surface area contributed by atoms with Crippen molar-refractivity contribution in [3.05, 3.63) is 12.2 Å². The van der Waals surface area contributed by atoms with Gasteiger partial charge < -0.3 is 4.74 Å². The number of rotatable bonds is 4. The maximum atomic E-state index is 5.62. The average molecular weight is 166 g/mol. The molecule has 0 aromatic carbocycles. The first kappa shape index (κ1) is 11.3. The fourth-order valence-electron chi connectivity index (χ4n) is 0.679. The summed E-state index contributed by atoms with van der Waals surface area (Å²) in [6, 6.07) is 0. The van der Waals surface area contributed by atoms with Crippen molar-refractivity contribution >= 4 is 0 Å². The van der Waals surface area contributed by atoms with Crippen LogP contribution in [0.3, 0.4) is 0 Å². The van der Waals surface area contributed by atoms with Crippen molar-refractivity contribution in [2.24, 2.45) is 5.92 Å². The molecule has 0 aliphatic rings. The molecule has 0 aromatic rings. The summed E-state index contributed by atoms with van der Waals surface area (Å²) in [4.78, 5) is 0. The second-order valence-electron chi connectivity index (χ2n) is 3.40. The highest BCUT2D eigenvalue weighted by Crippen LogP contribution is 2.11. The minimum absolute atomic E-state index is 0.0348. The van der Waals surface area contributed by atoms with Gasteiger partial charge in [0.1, 0.15) is 0 Å². The van der Waals surface area contributed by atoms with Crippen molar-refractivity contribution in [3.8, 4) is 12.3 Å². The second kappa shape index (κ2) is 5.00. The first-order chi connectivity index (χ1) is 5.49. The van der Waals surface area contributed by atoms with Gasteiger partial charge in [-0.25, -0.2) is 0 Å². The Morgan fingerprint density at radius 3 is 2.17 bits per heavy atom. The van der Waals surface area contributed by atoms with Gasteiger partial charge in [0.25, 0.3) is 0 Å². The molecule has 0 spiro atoms. The Hall–Kier alpha value is -0.740. The fourth-order valence-corrected chi connectivity index (χ4v) is 0.679. The van der Waals surface area contributed by atoms with Crippen LogP contribution in [0, 0.1) is 18.3 Å². The molecule has 68 valence electrons. The lowest BCUT2D eigenvalue weighted by molar-refractivity contribution is 0.00408. The Morgan fingerprint density at radius 2 is 1.83 bits per heavy atom. The molecule has 1 heteroatoms. The van der Waals surface area contributed by atoms with Gasteiger partial charge in [-0.3, -0.25) is 0 Å². The molecule has 0 bridgehead atoms. The van der Waals surface area contributed by atoms with Crippen LogP contribution in [-0.2, 0) is 4.74 Å². The zero-order valence-electron chi connectivity index (χ0n) is 8.42.